The van der Waals surface area contributed by atoms with Crippen LogP contribution in [0, 0.1) is 5.92 Å². The summed E-state index contributed by atoms with van der Waals surface area (Å²) in [6.45, 7) is 5.08. The van der Waals surface area contributed by atoms with Gasteiger partial charge in [0.15, 0.2) is 0 Å². The Bertz CT molecular complexity index is 388. The molecule has 0 saturated heterocycles. The molecule has 1 rings (SSSR count). The van der Waals surface area contributed by atoms with Crippen molar-refractivity contribution in [2.45, 2.75) is 32.7 Å². The van der Waals surface area contributed by atoms with Gasteiger partial charge in [0.1, 0.15) is 5.75 Å². The highest BCUT2D eigenvalue weighted by Gasteiger charge is 2.11. The van der Waals surface area contributed by atoms with Crippen LogP contribution in [0.1, 0.15) is 25.8 Å². The Morgan fingerprint density at radius 3 is 2.47 bits per heavy atom. The Morgan fingerprint density at radius 1 is 1.32 bits per heavy atom. The molecule has 19 heavy (non-hydrogen) atoms. The van der Waals surface area contributed by atoms with Crippen molar-refractivity contribution in [3.05, 3.63) is 29.8 Å². The molecule has 106 valence electrons. The fourth-order valence-electron chi connectivity index (χ4n) is 1.67. The van der Waals surface area contributed by atoms with Crippen LogP contribution in [0.5, 0.6) is 5.75 Å². The summed E-state index contributed by atoms with van der Waals surface area (Å²) >= 11 is 0. The second-order valence-corrected chi connectivity index (χ2v) is 5.10. The van der Waals surface area contributed by atoms with Crippen molar-refractivity contribution in [1.29, 1.82) is 0 Å². The SMILES string of the molecule is CNC(=O)[C@@H](N)Cc1ccc(OCCC(C)C)cc1. The van der Waals surface area contributed by atoms with E-state index in [0.717, 1.165) is 24.3 Å². The van der Waals surface area contributed by atoms with Crippen molar-refractivity contribution < 1.29 is 9.53 Å². The van der Waals surface area contributed by atoms with E-state index in [1.165, 1.54) is 0 Å². The first-order chi connectivity index (χ1) is 9.02. The van der Waals surface area contributed by atoms with Crippen LogP contribution >= 0.6 is 0 Å². The molecule has 4 heteroatoms. The standard InChI is InChI=1S/C15H24N2O2/c1-11(2)8-9-19-13-6-4-12(5-7-13)10-14(16)15(18)17-3/h4-7,11,14H,8-10,16H2,1-3H3,(H,17,18)/t14-/m0/s1. The van der Waals surface area contributed by atoms with Crippen LogP contribution < -0.4 is 15.8 Å². The van der Waals surface area contributed by atoms with E-state index in [0.29, 0.717) is 12.3 Å². The number of nitrogens with one attached hydrogen (secondary N) is 1. The van der Waals surface area contributed by atoms with Gasteiger partial charge in [0.25, 0.3) is 0 Å². The molecule has 0 fully saturated rings. The first kappa shape index (κ1) is 15.5. The van der Waals surface area contributed by atoms with Gasteiger partial charge in [-0.2, -0.15) is 0 Å². The summed E-state index contributed by atoms with van der Waals surface area (Å²) in [6.07, 6.45) is 1.58. The second-order valence-electron chi connectivity index (χ2n) is 5.10. The zero-order chi connectivity index (χ0) is 14.3. The molecule has 1 aromatic carbocycles. The molecule has 0 spiro atoms. The van der Waals surface area contributed by atoms with Crippen LogP contribution in [0.3, 0.4) is 0 Å². The van der Waals surface area contributed by atoms with Crippen LogP contribution in [0.4, 0.5) is 0 Å². The number of ether oxygens (including phenoxy) is 1. The normalized spacial score (nSPS) is 12.3. The van der Waals surface area contributed by atoms with Gasteiger partial charge in [0, 0.05) is 7.05 Å². The Hall–Kier alpha value is -1.55. The van der Waals surface area contributed by atoms with Crippen LogP contribution in [0.25, 0.3) is 0 Å². The molecule has 0 aliphatic rings. The maximum Gasteiger partial charge on any atom is 0.237 e. The molecule has 1 amide bonds. The van der Waals surface area contributed by atoms with Crippen molar-refractivity contribution in [1.82, 2.24) is 5.32 Å². The summed E-state index contributed by atoms with van der Waals surface area (Å²) in [4.78, 5) is 11.3. The largest absolute Gasteiger partial charge is 0.494 e. The summed E-state index contributed by atoms with van der Waals surface area (Å²) in [5.41, 5.74) is 6.80. The highest BCUT2D eigenvalue weighted by molar-refractivity contribution is 5.81. The van der Waals surface area contributed by atoms with E-state index in [1.54, 1.807) is 7.05 Å². The van der Waals surface area contributed by atoms with Gasteiger partial charge in [-0.15, -0.1) is 0 Å². The minimum atomic E-state index is -0.502. The lowest BCUT2D eigenvalue weighted by Crippen LogP contribution is -2.40. The number of hydrogen-bond donors (Lipinski definition) is 2. The van der Waals surface area contributed by atoms with Gasteiger partial charge in [-0.05, 0) is 36.5 Å². The first-order valence-electron chi connectivity index (χ1n) is 6.72. The van der Waals surface area contributed by atoms with Gasteiger partial charge in [0.05, 0.1) is 12.6 Å². The summed E-state index contributed by atoms with van der Waals surface area (Å²) in [6, 6.07) is 7.25. The molecule has 1 atom stereocenters. The van der Waals surface area contributed by atoms with Gasteiger partial charge < -0.3 is 15.8 Å². The third kappa shape index (κ3) is 5.75. The molecule has 0 aromatic heterocycles. The fraction of sp³-hybridized carbons (Fsp3) is 0.533. The molecule has 3 N–H and O–H groups in total. The van der Waals surface area contributed by atoms with Crippen LogP contribution in [0.2, 0.25) is 0 Å². The molecule has 0 unspecified atom stereocenters. The van der Waals surface area contributed by atoms with Crippen molar-refractivity contribution in [3.8, 4) is 5.75 Å². The highest BCUT2D eigenvalue weighted by Crippen LogP contribution is 2.14. The molecule has 0 aliphatic heterocycles. The maximum absolute atomic E-state index is 11.3. The highest BCUT2D eigenvalue weighted by atomic mass is 16.5. The van der Waals surface area contributed by atoms with Crippen LogP contribution in [-0.2, 0) is 11.2 Å². The summed E-state index contributed by atoms with van der Waals surface area (Å²) in [5, 5.41) is 2.55. The lowest BCUT2D eigenvalue weighted by atomic mass is 10.1. The minimum absolute atomic E-state index is 0.141. The maximum atomic E-state index is 11.3. The summed E-state index contributed by atoms with van der Waals surface area (Å²) in [5.74, 6) is 1.36. The predicted octanol–water partition coefficient (Wildman–Crippen LogP) is 1.73. The number of nitrogens with two attached hydrogens (primary N) is 1. The fourth-order valence-corrected chi connectivity index (χ4v) is 1.67. The zero-order valence-electron chi connectivity index (χ0n) is 12.0. The third-order valence-electron chi connectivity index (χ3n) is 2.93. The number of hydrogen-bond acceptors (Lipinski definition) is 3. The smallest absolute Gasteiger partial charge is 0.237 e. The zero-order valence-corrected chi connectivity index (χ0v) is 12.0. The molecular formula is C15H24N2O2. The van der Waals surface area contributed by atoms with E-state index >= 15 is 0 Å². The van der Waals surface area contributed by atoms with Gasteiger partial charge in [-0.1, -0.05) is 26.0 Å². The van der Waals surface area contributed by atoms with Crippen molar-refractivity contribution in [3.63, 3.8) is 0 Å². The van der Waals surface area contributed by atoms with Crippen molar-refractivity contribution in [2.24, 2.45) is 11.7 Å². The molecule has 0 bridgehead atoms. The van der Waals surface area contributed by atoms with Crippen molar-refractivity contribution in [2.75, 3.05) is 13.7 Å². The Kier molecular flexibility index (Phi) is 6.36. The Labute approximate surface area is 115 Å². The van der Waals surface area contributed by atoms with E-state index in [9.17, 15) is 4.79 Å². The molecule has 0 radical (unpaired) electrons. The molecule has 1 aromatic rings. The lowest BCUT2D eigenvalue weighted by Gasteiger charge is -2.11. The number of likely N-dealkylation sites (N-methyl/N-ethyl adjacent to an activating group) is 1. The monoisotopic (exact) mass is 264 g/mol. The first-order valence-corrected chi connectivity index (χ1v) is 6.72. The molecule has 0 heterocycles. The number of benzene rings is 1. The van der Waals surface area contributed by atoms with Crippen LogP contribution in [-0.4, -0.2) is 25.6 Å². The molecule has 0 aliphatic carbocycles. The van der Waals surface area contributed by atoms with Crippen LogP contribution in [0.15, 0.2) is 24.3 Å². The van der Waals surface area contributed by atoms with E-state index in [2.05, 4.69) is 19.2 Å². The molecule has 4 nitrogen and oxygen atoms in total. The Balaban J connectivity index is 2.45. The number of carbonyl (C=O) groups excluding carboxylic acids is 1. The Morgan fingerprint density at radius 2 is 1.95 bits per heavy atom. The lowest BCUT2D eigenvalue weighted by molar-refractivity contribution is -0.121. The molecular weight excluding hydrogens is 240 g/mol. The van der Waals surface area contributed by atoms with E-state index in [1.807, 2.05) is 24.3 Å². The average molecular weight is 264 g/mol. The quantitative estimate of drug-likeness (QED) is 0.788. The number of amides is 1. The van der Waals surface area contributed by atoms with Crippen molar-refractivity contribution >= 4 is 5.91 Å². The second kappa shape index (κ2) is 7.79. The third-order valence-corrected chi connectivity index (χ3v) is 2.93. The van der Waals surface area contributed by atoms with Gasteiger partial charge in [-0.3, -0.25) is 4.79 Å². The van der Waals surface area contributed by atoms with Gasteiger partial charge >= 0.3 is 0 Å². The van der Waals surface area contributed by atoms with Gasteiger partial charge in [0.2, 0.25) is 5.91 Å². The van der Waals surface area contributed by atoms with Gasteiger partial charge in [-0.25, -0.2) is 0 Å². The van der Waals surface area contributed by atoms with E-state index < -0.39 is 6.04 Å². The minimum Gasteiger partial charge on any atom is -0.494 e. The molecule has 0 saturated carbocycles. The summed E-state index contributed by atoms with van der Waals surface area (Å²) in [7, 11) is 1.59. The number of rotatable bonds is 7. The van der Waals surface area contributed by atoms with E-state index in [-0.39, 0.29) is 5.91 Å². The predicted molar refractivity (Wildman–Crippen MR) is 77.1 cm³/mol. The number of carbonyl (C=O) groups is 1. The topological polar surface area (TPSA) is 64.4 Å². The van der Waals surface area contributed by atoms with E-state index in [4.69, 9.17) is 10.5 Å². The summed E-state index contributed by atoms with van der Waals surface area (Å²) < 4.78 is 5.63. The average Bonchev–Trinajstić information content (AvgIpc) is 2.39.